The van der Waals surface area contributed by atoms with Crippen molar-refractivity contribution in [1.29, 1.82) is 0 Å². The average Bonchev–Trinajstić information content (AvgIpc) is 1.75. The molecule has 0 saturated carbocycles. The summed E-state index contributed by atoms with van der Waals surface area (Å²) in [5.41, 5.74) is 0. The SMILES string of the molecule is NN.NN.O=[N+]([O-])[Co-2].[Na+].[Na+]. The van der Waals surface area contributed by atoms with Crippen molar-refractivity contribution in [3.63, 3.8) is 0 Å². The summed E-state index contributed by atoms with van der Waals surface area (Å²) in [5, 5.41) is 8.67. The van der Waals surface area contributed by atoms with Gasteiger partial charge in [0.25, 0.3) is 0 Å². The molecule has 0 unspecified atom stereocenters. The molecule has 8 N–H and O–H groups in total. The molecule has 0 saturated heterocycles. The molecule has 0 aliphatic rings. The summed E-state index contributed by atoms with van der Waals surface area (Å²) in [4.78, 5) is 8.67. The van der Waals surface area contributed by atoms with E-state index < -0.39 is 3.97 Å². The Labute approximate surface area is 111 Å². The number of nitrogens with two attached hydrogens (primary N) is 4. The van der Waals surface area contributed by atoms with Crippen LogP contribution in [-0.4, -0.2) is 3.97 Å². The molecule has 10 heteroatoms. The summed E-state index contributed by atoms with van der Waals surface area (Å²) in [5.74, 6) is 16.0. The molecule has 0 amide bonds. The van der Waals surface area contributed by atoms with Gasteiger partial charge in [0.05, 0.1) is 0 Å². The number of hydrazine groups is 2. The molecule has 0 heterocycles. The van der Waals surface area contributed by atoms with Crippen molar-refractivity contribution in [3.05, 3.63) is 10.1 Å². The van der Waals surface area contributed by atoms with Gasteiger partial charge in [-0.25, -0.2) is 0 Å². The first-order valence-corrected chi connectivity index (χ1v) is 1.65. The van der Waals surface area contributed by atoms with Crippen molar-refractivity contribution in [2.75, 3.05) is 0 Å². The van der Waals surface area contributed by atoms with E-state index in [-0.39, 0.29) is 59.1 Å². The van der Waals surface area contributed by atoms with E-state index in [2.05, 4.69) is 39.3 Å². The summed E-state index contributed by atoms with van der Waals surface area (Å²) in [6.07, 6.45) is 0. The minimum atomic E-state index is -0.812. The van der Waals surface area contributed by atoms with E-state index in [1.54, 1.807) is 0 Å². The summed E-state index contributed by atoms with van der Waals surface area (Å²) in [7, 11) is 0. The Hall–Kier alpha value is 1.75. The minimum absolute atomic E-state index is 0. The molecule has 7 nitrogen and oxygen atoms in total. The van der Waals surface area contributed by atoms with Crippen molar-refractivity contribution in [3.8, 4) is 0 Å². The molecular formula is H8CoN5Na2O2. The summed E-state index contributed by atoms with van der Waals surface area (Å²) < 4.78 is -0.812. The third-order valence-corrected chi connectivity index (χ3v) is 0. The molecule has 0 aromatic carbocycles. The average molecular weight is 215 g/mol. The van der Waals surface area contributed by atoms with Crippen LogP contribution in [0.4, 0.5) is 0 Å². The molecule has 0 atom stereocenters. The van der Waals surface area contributed by atoms with E-state index in [1.165, 1.54) is 0 Å². The molecule has 10 heavy (non-hydrogen) atoms. The summed E-state index contributed by atoms with van der Waals surface area (Å²) >= 11 is 2.73. The maximum absolute atomic E-state index is 8.67. The minimum Gasteiger partial charge on any atom is 1.00 e. The van der Waals surface area contributed by atoms with Crippen LogP contribution in [0.3, 0.4) is 0 Å². The number of rotatable bonds is 0. The third kappa shape index (κ3) is 244. The van der Waals surface area contributed by atoms with E-state index in [1.807, 2.05) is 0 Å². The third-order valence-electron chi connectivity index (χ3n) is 0. The molecule has 0 fully saturated rings. The van der Waals surface area contributed by atoms with E-state index in [9.17, 15) is 0 Å². The standard InChI is InChI=1S/Co.2H4N2.NO2.2Na/c;2*1-2;2-1-3;;/h;2*1-2H2;;;/q-2;;;;2*+1. The quantitative estimate of drug-likeness (QED) is 0.136. The molecule has 0 aromatic heterocycles. The largest absolute Gasteiger partial charge is 1.00 e. The van der Waals surface area contributed by atoms with Crippen LogP contribution in [0.2, 0.25) is 0 Å². The topological polar surface area (TPSA) is 147 Å². The number of nitro groups is 1. The Morgan fingerprint density at radius 1 is 1.10 bits per heavy atom. The Morgan fingerprint density at radius 2 is 1.10 bits per heavy atom. The second-order valence-electron chi connectivity index (χ2n) is 0.196. The van der Waals surface area contributed by atoms with E-state index in [4.69, 9.17) is 10.1 Å². The predicted molar refractivity (Wildman–Crippen MR) is 23.7 cm³/mol. The maximum atomic E-state index is 8.67. The zero-order chi connectivity index (χ0) is 7.58. The van der Waals surface area contributed by atoms with Gasteiger partial charge in [0.2, 0.25) is 0 Å². The summed E-state index contributed by atoms with van der Waals surface area (Å²) in [6.45, 7) is 0. The van der Waals surface area contributed by atoms with Crippen LogP contribution >= 0.6 is 0 Å². The van der Waals surface area contributed by atoms with E-state index in [0.29, 0.717) is 0 Å². The molecule has 0 aliphatic heterocycles. The normalized spacial score (nSPS) is 3.80. The molecule has 56 valence electrons. The van der Waals surface area contributed by atoms with Crippen LogP contribution in [0, 0.1) is 10.1 Å². The van der Waals surface area contributed by atoms with Crippen LogP contribution in [0.25, 0.3) is 0 Å². The fraction of sp³-hybridized carbons (Fsp3) is 0. The fourth-order valence-corrected chi connectivity index (χ4v) is 0. The van der Waals surface area contributed by atoms with Gasteiger partial charge in [-0.05, 0) is 0 Å². The van der Waals surface area contributed by atoms with Gasteiger partial charge >= 0.3 is 89.2 Å². The molecular weight excluding hydrogens is 207 g/mol. The van der Waals surface area contributed by atoms with Crippen LogP contribution in [-0.2, 0) is 16.0 Å². The smallest absolute Gasteiger partial charge is 1.00 e. The van der Waals surface area contributed by atoms with Crippen LogP contribution in [0.5, 0.6) is 0 Å². The van der Waals surface area contributed by atoms with E-state index in [0.717, 1.165) is 0 Å². The zero-order valence-electron chi connectivity index (χ0n) is 5.91. The predicted octanol–water partition coefficient (Wildman–Crippen LogP) is -8.63. The Balaban J connectivity index is -0.0000000125. The van der Waals surface area contributed by atoms with Crippen molar-refractivity contribution >= 4 is 0 Å². The van der Waals surface area contributed by atoms with Crippen molar-refractivity contribution < 1.29 is 79.0 Å². The molecule has 0 aromatic rings. The van der Waals surface area contributed by atoms with Crippen LogP contribution in [0.15, 0.2) is 0 Å². The number of hydrogen-bond acceptors (Lipinski definition) is 6. The first-order valence-electron chi connectivity index (χ1n) is 1.18. The van der Waals surface area contributed by atoms with Gasteiger partial charge in [-0.1, -0.05) is 0 Å². The second kappa shape index (κ2) is 45.3. The molecule has 0 aliphatic carbocycles. The zero-order valence-corrected chi connectivity index (χ0v) is 10.9. The molecule has 0 radical (unpaired) electrons. The molecule has 0 bridgehead atoms. The summed E-state index contributed by atoms with van der Waals surface area (Å²) in [6, 6.07) is 0. The first-order chi connectivity index (χ1) is 3.73. The number of nitrogens with zero attached hydrogens (tertiary/aromatic N) is 1. The van der Waals surface area contributed by atoms with Gasteiger partial charge in [0.1, 0.15) is 0 Å². The Bertz CT molecular complexity index is 40.6. The van der Waals surface area contributed by atoms with Gasteiger partial charge in [-0.15, -0.1) is 0 Å². The van der Waals surface area contributed by atoms with Crippen molar-refractivity contribution in [1.82, 2.24) is 0 Å². The van der Waals surface area contributed by atoms with Gasteiger partial charge < -0.3 is 0 Å². The Morgan fingerprint density at radius 3 is 1.10 bits per heavy atom. The van der Waals surface area contributed by atoms with Crippen molar-refractivity contribution in [2.24, 2.45) is 23.4 Å². The van der Waals surface area contributed by atoms with Gasteiger partial charge in [-0.3, -0.25) is 23.4 Å². The van der Waals surface area contributed by atoms with E-state index >= 15 is 0 Å². The Kier molecular flexibility index (Phi) is 135. The number of hydrogen-bond donors (Lipinski definition) is 4. The second-order valence-corrected chi connectivity index (χ2v) is 0.576. The molecule has 0 rings (SSSR count). The van der Waals surface area contributed by atoms with Gasteiger partial charge in [-0.2, -0.15) is 0 Å². The van der Waals surface area contributed by atoms with Gasteiger partial charge in [0.15, 0.2) is 0 Å². The van der Waals surface area contributed by atoms with Crippen molar-refractivity contribution in [2.45, 2.75) is 0 Å². The maximum Gasteiger partial charge on any atom is 1.00 e. The fourth-order valence-electron chi connectivity index (χ4n) is 0. The molecule has 0 spiro atoms. The first kappa shape index (κ1) is 29.8. The van der Waals surface area contributed by atoms with Gasteiger partial charge in [0, 0.05) is 0 Å². The van der Waals surface area contributed by atoms with Crippen LogP contribution < -0.4 is 82.5 Å². The van der Waals surface area contributed by atoms with Crippen LogP contribution in [0.1, 0.15) is 0 Å². The monoisotopic (exact) mass is 215 g/mol.